The van der Waals surface area contributed by atoms with Crippen LogP contribution in [-0.2, 0) is 0 Å². The molecule has 9 nitrogen and oxygen atoms in total. The lowest BCUT2D eigenvalue weighted by atomic mass is 10.1. The molecule has 0 aliphatic rings. The molecular formula is C19H26N4O5S. The summed E-state index contributed by atoms with van der Waals surface area (Å²) in [5, 5.41) is 5.89. The monoisotopic (exact) mass is 422 g/mol. The number of likely N-dealkylation sites (N-methyl/N-ethyl adjacent to an activating group) is 1. The molecule has 0 saturated heterocycles. The van der Waals surface area contributed by atoms with Gasteiger partial charge in [-0.1, -0.05) is 11.3 Å². The Kier molecular flexibility index (Phi) is 7.80. The summed E-state index contributed by atoms with van der Waals surface area (Å²) in [7, 11) is 8.31. The van der Waals surface area contributed by atoms with Crippen LogP contribution in [0, 0.1) is 6.92 Å². The fraction of sp³-hybridized carbons (Fsp3) is 0.421. The third-order valence-electron chi connectivity index (χ3n) is 3.99. The number of aryl methyl sites for hydroxylation is 1. The van der Waals surface area contributed by atoms with E-state index < -0.39 is 5.91 Å². The van der Waals surface area contributed by atoms with Crippen LogP contribution in [0.5, 0.6) is 17.2 Å². The molecule has 0 unspecified atom stereocenters. The van der Waals surface area contributed by atoms with Gasteiger partial charge in [-0.05, 0) is 33.2 Å². The van der Waals surface area contributed by atoms with Crippen LogP contribution < -0.4 is 24.8 Å². The van der Waals surface area contributed by atoms with Crippen molar-refractivity contribution in [3.8, 4) is 17.2 Å². The Morgan fingerprint density at radius 1 is 1.07 bits per heavy atom. The van der Waals surface area contributed by atoms with Gasteiger partial charge in [0.25, 0.3) is 11.8 Å². The smallest absolute Gasteiger partial charge is 0.263 e. The van der Waals surface area contributed by atoms with Gasteiger partial charge < -0.3 is 24.4 Å². The van der Waals surface area contributed by atoms with Crippen LogP contribution in [0.15, 0.2) is 12.1 Å². The lowest BCUT2D eigenvalue weighted by molar-refractivity contribution is 0.0953. The highest BCUT2D eigenvalue weighted by Crippen LogP contribution is 2.38. The summed E-state index contributed by atoms with van der Waals surface area (Å²) in [4.78, 5) is 31.7. The Morgan fingerprint density at radius 2 is 1.69 bits per heavy atom. The van der Waals surface area contributed by atoms with Crippen LogP contribution in [0.4, 0.5) is 5.13 Å². The van der Waals surface area contributed by atoms with Crippen molar-refractivity contribution in [3.63, 3.8) is 0 Å². The van der Waals surface area contributed by atoms with Gasteiger partial charge in [0, 0.05) is 18.7 Å². The summed E-state index contributed by atoms with van der Waals surface area (Å²) < 4.78 is 15.8. The molecule has 1 aromatic carbocycles. The number of benzene rings is 1. The van der Waals surface area contributed by atoms with Gasteiger partial charge in [0.15, 0.2) is 16.6 Å². The van der Waals surface area contributed by atoms with Crippen molar-refractivity contribution in [2.45, 2.75) is 6.92 Å². The highest BCUT2D eigenvalue weighted by molar-refractivity contribution is 7.17. The Bertz CT molecular complexity index is 856. The molecule has 29 heavy (non-hydrogen) atoms. The summed E-state index contributed by atoms with van der Waals surface area (Å²) in [6.07, 6.45) is 0. The zero-order valence-corrected chi connectivity index (χ0v) is 18.2. The van der Waals surface area contributed by atoms with E-state index in [-0.39, 0.29) is 5.91 Å². The standard InChI is InChI=1S/C19H26N4O5S/c1-11-16(18(25)20-7-8-23(2)3)29-19(21-11)22-17(24)12-9-13(26-4)15(28-6)14(10-12)27-5/h9-10H,7-8H2,1-6H3,(H,20,25)(H,21,22,24). The van der Waals surface area contributed by atoms with Gasteiger partial charge in [-0.25, -0.2) is 4.98 Å². The first kappa shape index (κ1) is 22.4. The second kappa shape index (κ2) is 10.1. The summed E-state index contributed by atoms with van der Waals surface area (Å²) >= 11 is 1.12. The first-order valence-electron chi connectivity index (χ1n) is 8.82. The number of nitrogens with zero attached hydrogens (tertiary/aromatic N) is 2. The minimum atomic E-state index is -0.405. The molecule has 2 aromatic rings. The van der Waals surface area contributed by atoms with Crippen molar-refractivity contribution < 1.29 is 23.8 Å². The number of nitrogens with one attached hydrogen (secondary N) is 2. The van der Waals surface area contributed by atoms with Gasteiger partial charge in [0.2, 0.25) is 5.75 Å². The molecule has 2 amide bonds. The van der Waals surface area contributed by atoms with E-state index in [1.165, 1.54) is 21.3 Å². The fourth-order valence-corrected chi connectivity index (χ4v) is 3.39. The molecule has 0 aliphatic carbocycles. The number of aromatic nitrogens is 1. The third-order valence-corrected chi connectivity index (χ3v) is 5.07. The number of hydrogen-bond acceptors (Lipinski definition) is 8. The van der Waals surface area contributed by atoms with E-state index in [1.54, 1.807) is 19.1 Å². The zero-order valence-electron chi connectivity index (χ0n) is 17.4. The summed E-state index contributed by atoms with van der Waals surface area (Å²) in [6, 6.07) is 3.10. The lowest BCUT2D eigenvalue weighted by Gasteiger charge is -2.13. The zero-order chi connectivity index (χ0) is 21.6. The number of thiazole rings is 1. The number of anilines is 1. The average Bonchev–Trinajstić information content (AvgIpc) is 3.06. The van der Waals surface area contributed by atoms with Gasteiger partial charge in [-0.3, -0.25) is 14.9 Å². The number of carbonyl (C=O) groups excluding carboxylic acids is 2. The third kappa shape index (κ3) is 5.58. The Labute approximate surface area is 174 Å². The van der Waals surface area contributed by atoms with Gasteiger partial charge in [-0.2, -0.15) is 0 Å². The molecule has 10 heteroatoms. The number of hydrogen-bond donors (Lipinski definition) is 2. The van der Waals surface area contributed by atoms with Crippen LogP contribution in [0.2, 0.25) is 0 Å². The first-order valence-corrected chi connectivity index (χ1v) is 9.64. The highest BCUT2D eigenvalue weighted by atomic mass is 32.1. The second-order valence-electron chi connectivity index (χ2n) is 6.36. The highest BCUT2D eigenvalue weighted by Gasteiger charge is 2.20. The second-order valence-corrected chi connectivity index (χ2v) is 7.36. The maximum absolute atomic E-state index is 12.7. The maximum Gasteiger partial charge on any atom is 0.263 e. The number of amides is 2. The molecule has 2 rings (SSSR count). The molecule has 0 atom stereocenters. The number of methoxy groups -OCH3 is 3. The summed E-state index contributed by atoms with van der Waals surface area (Å²) in [5.41, 5.74) is 0.863. The van der Waals surface area contributed by atoms with Crippen molar-refractivity contribution in [3.05, 3.63) is 28.3 Å². The van der Waals surface area contributed by atoms with Crippen molar-refractivity contribution >= 4 is 28.3 Å². The van der Waals surface area contributed by atoms with Gasteiger partial charge in [-0.15, -0.1) is 0 Å². The van der Waals surface area contributed by atoms with Crippen LogP contribution in [0.25, 0.3) is 0 Å². The minimum absolute atomic E-state index is 0.213. The molecular weight excluding hydrogens is 396 g/mol. The molecule has 2 N–H and O–H groups in total. The first-order chi connectivity index (χ1) is 13.8. The van der Waals surface area contributed by atoms with Crippen LogP contribution in [0.3, 0.4) is 0 Å². The topological polar surface area (TPSA) is 102 Å². The molecule has 0 radical (unpaired) electrons. The largest absolute Gasteiger partial charge is 0.493 e. The predicted molar refractivity (Wildman–Crippen MR) is 112 cm³/mol. The molecule has 0 aliphatic heterocycles. The van der Waals surface area contributed by atoms with E-state index >= 15 is 0 Å². The van der Waals surface area contributed by atoms with E-state index in [2.05, 4.69) is 15.6 Å². The van der Waals surface area contributed by atoms with E-state index in [1.807, 2.05) is 19.0 Å². The van der Waals surface area contributed by atoms with E-state index in [4.69, 9.17) is 14.2 Å². The predicted octanol–water partition coefficient (Wildman–Crippen LogP) is 2.02. The van der Waals surface area contributed by atoms with Gasteiger partial charge in [0.05, 0.1) is 27.0 Å². The molecule has 0 fully saturated rings. The number of ether oxygens (including phenoxy) is 3. The average molecular weight is 423 g/mol. The Balaban J connectivity index is 2.16. The van der Waals surface area contributed by atoms with Gasteiger partial charge in [0.1, 0.15) is 4.88 Å². The molecule has 158 valence electrons. The molecule has 0 saturated carbocycles. The normalized spacial score (nSPS) is 10.6. The number of rotatable bonds is 9. The van der Waals surface area contributed by atoms with Crippen LogP contribution in [0.1, 0.15) is 25.7 Å². The van der Waals surface area contributed by atoms with E-state index in [0.29, 0.717) is 45.1 Å². The lowest BCUT2D eigenvalue weighted by Crippen LogP contribution is -2.31. The van der Waals surface area contributed by atoms with E-state index in [0.717, 1.165) is 17.9 Å². The van der Waals surface area contributed by atoms with E-state index in [9.17, 15) is 9.59 Å². The summed E-state index contributed by atoms with van der Waals surface area (Å²) in [5.74, 6) is 0.516. The van der Waals surface area contributed by atoms with Crippen LogP contribution in [-0.4, -0.2) is 70.2 Å². The molecule has 0 bridgehead atoms. The van der Waals surface area contributed by atoms with Crippen molar-refractivity contribution in [2.24, 2.45) is 0 Å². The number of carbonyl (C=O) groups is 2. The van der Waals surface area contributed by atoms with Crippen molar-refractivity contribution in [1.29, 1.82) is 0 Å². The van der Waals surface area contributed by atoms with Crippen molar-refractivity contribution in [2.75, 3.05) is 53.8 Å². The minimum Gasteiger partial charge on any atom is -0.493 e. The van der Waals surface area contributed by atoms with Gasteiger partial charge >= 0.3 is 0 Å². The SMILES string of the molecule is COc1cc(C(=O)Nc2nc(C)c(C(=O)NCCN(C)C)s2)cc(OC)c1OC. The molecule has 0 spiro atoms. The Morgan fingerprint density at radius 3 is 2.21 bits per heavy atom. The maximum atomic E-state index is 12.7. The molecule has 1 aromatic heterocycles. The van der Waals surface area contributed by atoms with Crippen LogP contribution >= 0.6 is 11.3 Å². The molecule has 1 heterocycles. The summed E-state index contributed by atoms with van der Waals surface area (Å²) in [6.45, 7) is 2.98. The quantitative estimate of drug-likeness (QED) is 0.637. The van der Waals surface area contributed by atoms with Crippen molar-refractivity contribution in [1.82, 2.24) is 15.2 Å². The Hall–Kier alpha value is -2.85. The fourth-order valence-electron chi connectivity index (χ4n) is 2.52.